The zero-order valence-corrected chi connectivity index (χ0v) is 14.4. The van der Waals surface area contributed by atoms with Crippen LogP contribution in [-0.4, -0.2) is 18.6 Å². The fraction of sp³-hybridized carbons (Fsp3) is 0.688. The molecule has 5 heteroatoms. The van der Waals surface area contributed by atoms with Gasteiger partial charge >= 0.3 is 0 Å². The maximum Gasteiger partial charge on any atom is 0.178 e. The molecule has 1 aromatic heterocycles. The highest BCUT2D eigenvalue weighted by atomic mass is 32.2. The minimum atomic E-state index is 0.240. The largest absolute Gasteiger partial charge is 0.396 e. The van der Waals surface area contributed by atoms with Gasteiger partial charge in [-0.25, -0.2) is 0 Å². The first kappa shape index (κ1) is 15.2. The Hall–Kier alpha value is -0.680. The molecule has 0 aliphatic heterocycles. The molecule has 0 amide bonds. The zero-order chi connectivity index (χ0) is 15.0. The molecular weight excluding hydrogens is 300 g/mol. The molecule has 0 bridgehead atoms. The third kappa shape index (κ3) is 3.24. The molecule has 1 heterocycles. The first-order chi connectivity index (χ1) is 10.1. The summed E-state index contributed by atoms with van der Waals surface area (Å²) in [5.74, 6) is 2.12. The van der Waals surface area contributed by atoms with E-state index in [1.165, 1.54) is 19.3 Å². The minimum absolute atomic E-state index is 0.240. The van der Waals surface area contributed by atoms with Crippen LogP contribution in [0.25, 0.3) is 0 Å². The molecule has 2 unspecified atom stereocenters. The molecule has 2 aliphatic rings. The van der Waals surface area contributed by atoms with Gasteiger partial charge in [-0.15, -0.1) is 23.1 Å². The third-order valence-corrected chi connectivity index (χ3v) is 6.77. The second-order valence-corrected chi connectivity index (χ2v) is 8.35. The van der Waals surface area contributed by atoms with Crippen LogP contribution in [-0.2, 0) is 0 Å². The number of nitrogen functional groups attached to an aromatic ring is 1. The van der Waals surface area contributed by atoms with E-state index in [1.54, 1.807) is 23.1 Å². The minimum Gasteiger partial charge on any atom is -0.396 e. The van der Waals surface area contributed by atoms with E-state index in [4.69, 9.17) is 5.73 Å². The summed E-state index contributed by atoms with van der Waals surface area (Å²) in [6, 6.07) is 0. The number of nitrogens with two attached hydrogens (primary N) is 1. The average Bonchev–Trinajstić information content (AvgIpc) is 3.16. The van der Waals surface area contributed by atoms with E-state index < -0.39 is 0 Å². The summed E-state index contributed by atoms with van der Waals surface area (Å²) in [6.45, 7) is 3.35. The summed E-state index contributed by atoms with van der Waals surface area (Å²) in [7, 11) is 0. The molecule has 2 saturated carbocycles. The van der Waals surface area contributed by atoms with Crippen molar-refractivity contribution in [2.75, 3.05) is 23.9 Å². The van der Waals surface area contributed by atoms with Gasteiger partial charge in [-0.1, -0.05) is 13.3 Å². The highest BCUT2D eigenvalue weighted by Crippen LogP contribution is 2.45. The van der Waals surface area contributed by atoms with Gasteiger partial charge in [-0.2, -0.15) is 0 Å². The Morgan fingerprint density at radius 3 is 2.71 bits per heavy atom. The molecule has 116 valence electrons. The van der Waals surface area contributed by atoms with Crippen molar-refractivity contribution in [3.8, 4) is 0 Å². The van der Waals surface area contributed by atoms with Gasteiger partial charge in [0.05, 0.1) is 15.5 Å². The zero-order valence-electron chi connectivity index (χ0n) is 12.8. The van der Waals surface area contributed by atoms with Crippen LogP contribution in [0.1, 0.15) is 48.7 Å². The number of rotatable bonds is 6. The number of thioether (sulfide) groups is 1. The number of hydrogen-bond acceptors (Lipinski definition) is 5. The van der Waals surface area contributed by atoms with Crippen molar-refractivity contribution in [2.24, 2.45) is 17.8 Å². The number of hydrogen-bond donors (Lipinski definition) is 2. The molecule has 0 radical (unpaired) electrons. The Morgan fingerprint density at radius 1 is 1.38 bits per heavy atom. The normalized spacial score (nSPS) is 25.2. The van der Waals surface area contributed by atoms with Crippen LogP contribution < -0.4 is 11.1 Å². The fourth-order valence-corrected chi connectivity index (χ4v) is 5.27. The highest BCUT2D eigenvalue weighted by molar-refractivity contribution is 7.99. The van der Waals surface area contributed by atoms with Crippen molar-refractivity contribution in [1.29, 1.82) is 0 Å². The van der Waals surface area contributed by atoms with E-state index in [2.05, 4.69) is 12.2 Å². The van der Waals surface area contributed by atoms with Gasteiger partial charge in [0.1, 0.15) is 5.00 Å². The average molecular weight is 325 g/mol. The molecule has 2 aliphatic carbocycles. The third-order valence-electron chi connectivity index (χ3n) is 4.63. The van der Waals surface area contributed by atoms with Crippen LogP contribution in [0.5, 0.6) is 0 Å². The van der Waals surface area contributed by atoms with E-state index in [1.807, 2.05) is 6.26 Å². The summed E-state index contributed by atoms with van der Waals surface area (Å²) in [6.07, 6.45) is 8.08. The second-order valence-electron chi connectivity index (χ2n) is 6.51. The van der Waals surface area contributed by atoms with Gasteiger partial charge in [0.2, 0.25) is 0 Å². The number of carbonyl (C=O) groups is 1. The van der Waals surface area contributed by atoms with Gasteiger partial charge in [-0.3, -0.25) is 4.79 Å². The molecule has 0 aromatic carbocycles. The second kappa shape index (κ2) is 6.21. The fourth-order valence-electron chi connectivity index (χ4n) is 3.21. The van der Waals surface area contributed by atoms with E-state index in [0.717, 1.165) is 46.0 Å². The summed E-state index contributed by atoms with van der Waals surface area (Å²) in [4.78, 5) is 14.2. The van der Waals surface area contributed by atoms with E-state index in [9.17, 15) is 4.79 Å². The lowest BCUT2D eigenvalue weighted by atomic mass is 10.1. The van der Waals surface area contributed by atoms with Crippen molar-refractivity contribution in [1.82, 2.24) is 0 Å². The van der Waals surface area contributed by atoms with Crippen molar-refractivity contribution in [3.05, 3.63) is 4.88 Å². The van der Waals surface area contributed by atoms with Gasteiger partial charge < -0.3 is 11.1 Å². The molecule has 3 rings (SSSR count). The number of thiophene rings is 1. The lowest BCUT2D eigenvalue weighted by Gasteiger charge is -2.12. The summed E-state index contributed by atoms with van der Waals surface area (Å²) in [5.41, 5.74) is 6.92. The number of carbonyl (C=O) groups excluding carboxylic acids is 1. The molecule has 21 heavy (non-hydrogen) atoms. The van der Waals surface area contributed by atoms with Crippen LogP contribution in [0.4, 0.5) is 10.7 Å². The van der Waals surface area contributed by atoms with Gasteiger partial charge in [0.15, 0.2) is 5.78 Å². The monoisotopic (exact) mass is 324 g/mol. The molecule has 2 atom stereocenters. The van der Waals surface area contributed by atoms with E-state index >= 15 is 0 Å². The van der Waals surface area contributed by atoms with Crippen molar-refractivity contribution in [2.45, 2.75) is 43.9 Å². The van der Waals surface area contributed by atoms with Gasteiger partial charge in [0, 0.05) is 12.5 Å². The standard InChI is InChI=1S/C16H24N2OS2/c1-9-3-4-10(7-9)8-18-16-15(20-2)12(17)14(21-16)13(19)11-5-6-11/h9-11,18H,3-8,17H2,1-2H3. The van der Waals surface area contributed by atoms with E-state index in [-0.39, 0.29) is 11.7 Å². The SMILES string of the molecule is CSc1c(NCC2CCC(C)C2)sc(C(=O)C2CC2)c1N. The van der Waals surface area contributed by atoms with Gasteiger partial charge in [0.25, 0.3) is 0 Å². The molecule has 0 spiro atoms. The molecule has 2 fully saturated rings. The Kier molecular flexibility index (Phi) is 4.50. The first-order valence-corrected chi connectivity index (χ1v) is 9.88. The lowest BCUT2D eigenvalue weighted by Crippen LogP contribution is -2.11. The molecule has 3 N–H and O–H groups in total. The lowest BCUT2D eigenvalue weighted by molar-refractivity contribution is 0.0972. The van der Waals surface area contributed by atoms with Crippen molar-refractivity contribution < 1.29 is 4.79 Å². The van der Waals surface area contributed by atoms with Crippen molar-refractivity contribution in [3.63, 3.8) is 0 Å². The maximum atomic E-state index is 12.3. The number of ketones is 1. The Morgan fingerprint density at radius 2 is 2.14 bits per heavy atom. The van der Waals surface area contributed by atoms with Crippen LogP contribution in [0, 0.1) is 17.8 Å². The number of Topliss-reactive ketones (excluding diaryl/α,β-unsaturated/α-hetero) is 1. The number of anilines is 2. The molecule has 3 nitrogen and oxygen atoms in total. The quantitative estimate of drug-likeness (QED) is 0.598. The summed E-state index contributed by atoms with van der Waals surface area (Å²) >= 11 is 3.21. The maximum absolute atomic E-state index is 12.3. The Balaban J connectivity index is 1.71. The molecule has 0 saturated heterocycles. The van der Waals surface area contributed by atoms with E-state index in [0.29, 0.717) is 5.69 Å². The Labute approximate surface area is 135 Å². The first-order valence-electron chi connectivity index (χ1n) is 7.84. The van der Waals surface area contributed by atoms with Crippen LogP contribution in [0.3, 0.4) is 0 Å². The summed E-state index contributed by atoms with van der Waals surface area (Å²) < 4.78 is 0. The molecule has 1 aromatic rings. The van der Waals surface area contributed by atoms with Crippen LogP contribution >= 0.6 is 23.1 Å². The van der Waals surface area contributed by atoms with Gasteiger partial charge in [-0.05, 0) is 43.8 Å². The predicted molar refractivity (Wildman–Crippen MR) is 92.6 cm³/mol. The smallest absolute Gasteiger partial charge is 0.178 e. The molecular formula is C16H24N2OS2. The highest BCUT2D eigenvalue weighted by Gasteiger charge is 2.34. The van der Waals surface area contributed by atoms with Crippen LogP contribution in [0.2, 0.25) is 0 Å². The van der Waals surface area contributed by atoms with Crippen LogP contribution in [0.15, 0.2) is 4.90 Å². The Bertz CT molecular complexity index is 537. The summed E-state index contributed by atoms with van der Waals surface area (Å²) in [5, 5.41) is 4.67. The number of nitrogens with one attached hydrogen (secondary N) is 1. The topological polar surface area (TPSA) is 55.1 Å². The van der Waals surface area contributed by atoms with Crippen molar-refractivity contribution >= 4 is 39.6 Å². The predicted octanol–water partition coefficient (Wildman–Crippen LogP) is 4.49.